The molecule has 1 aliphatic rings. The first-order valence-corrected chi connectivity index (χ1v) is 13.4. The van der Waals surface area contributed by atoms with Crippen LogP contribution in [0.3, 0.4) is 0 Å². The zero-order valence-electron chi connectivity index (χ0n) is 19.5. The molecule has 2 aromatic heterocycles. The van der Waals surface area contributed by atoms with Crippen LogP contribution >= 0.6 is 15.9 Å². The van der Waals surface area contributed by atoms with Gasteiger partial charge in [-0.2, -0.15) is 5.10 Å². The van der Waals surface area contributed by atoms with Gasteiger partial charge >= 0.3 is 0 Å². The largest absolute Gasteiger partial charge is 0.755 e. The number of anilines is 1. The summed E-state index contributed by atoms with van der Waals surface area (Å²) in [5.41, 5.74) is 9.52. The lowest BCUT2D eigenvalue weighted by atomic mass is 10.0. The number of hydrogen-bond acceptors (Lipinski definition) is 4. The smallest absolute Gasteiger partial charge is 0.252 e. The standard InChI is InChI=1S/C26H23BrF2N4O3S/c27-20-8-3-16(11-21(20)29)9-10-33(37(35)36)24-14-32-23(13-19(24)17-4-5-17)25(26(30)34)22(31-32)12-15-1-6-18(28)7-2-15/h1-3,6-8,11,13-14,17H,4-5,9-10,12H2,(H2,30,34)(H,35,36)/p-1. The van der Waals surface area contributed by atoms with Gasteiger partial charge in [-0.15, -0.1) is 0 Å². The molecular formula is C26H22BrF2N4O3S-. The Morgan fingerprint density at radius 2 is 1.86 bits per heavy atom. The number of nitrogens with zero attached hydrogens (tertiary/aromatic N) is 3. The van der Waals surface area contributed by atoms with Crippen LogP contribution in [0.15, 0.2) is 59.2 Å². The molecule has 2 heterocycles. The van der Waals surface area contributed by atoms with E-state index in [1.54, 1.807) is 36.5 Å². The molecule has 11 heteroatoms. The number of primary amides is 1. The van der Waals surface area contributed by atoms with Crippen molar-refractivity contribution in [2.45, 2.75) is 31.6 Å². The molecule has 1 amide bonds. The fraction of sp³-hybridized carbons (Fsp3) is 0.231. The molecule has 1 fully saturated rings. The average Bonchev–Trinajstić information content (AvgIpc) is 3.63. The Labute approximate surface area is 222 Å². The molecule has 0 radical (unpaired) electrons. The number of rotatable bonds is 9. The number of benzene rings is 2. The summed E-state index contributed by atoms with van der Waals surface area (Å²) in [4.78, 5) is 12.4. The van der Waals surface area contributed by atoms with E-state index in [1.165, 1.54) is 27.0 Å². The number of halogens is 3. The molecule has 5 rings (SSSR count). The molecule has 2 aromatic carbocycles. The van der Waals surface area contributed by atoms with Crippen molar-refractivity contribution in [3.63, 3.8) is 0 Å². The molecule has 4 aromatic rings. The quantitative estimate of drug-likeness (QED) is 0.284. The van der Waals surface area contributed by atoms with Crippen molar-refractivity contribution in [2.24, 2.45) is 5.73 Å². The third kappa shape index (κ3) is 5.43. The molecule has 0 bridgehead atoms. The second-order valence-electron chi connectivity index (χ2n) is 9.02. The van der Waals surface area contributed by atoms with E-state index < -0.39 is 23.0 Å². The summed E-state index contributed by atoms with van der Waals surface area (Å²) in [5.74, 6) is -1.30. The Kier molecular flexibility index (Phi) is 7.11. The van der Waals surface area contributed by atoms with Crippen molar-refractivity contribution < 1.29 is 22.3 Å². The molecular weight excluding hydrogens is 566 g/mol. The Morgan fingerprint density at radius 1 is 1.16 bits per heavy atom. The van der Waals surface area contributed by atoms with Gasteiger partial charge in [0.25, 0.3) is 5.91 Å². The van der Waals surface area contributed by atoms with Gasteiger partial charge in [-0.3, -0.25) is 9.00 Å². The Morgan fingerprint density at radius 3 is 2.49 bits per heavy atom. The third-order valence-electron chi connectivity index (χ3n) is 6.44. The van der Waals surface area contributed by atoms with E-state index in [1.807, 2.05) is 0 Å². The van der Waals surface area contributed by atoms with Crippen LogP contribution in [-0.2, 0) is 24.1 Å². The number of aromatic nitrogens is 2. The second-order valence-corrected chi connectivity index (χ2v) is 10.8. The molecule has 0 saturated heterocycles. The van der Waals surface area contributed by atoms with Gasteiger partial charge in [0.1, 0.15) is 11.6 Å². The number of carbonyl (C=O) groups excluding carboxylic acids is 1. The van der Waals surface area contributed by atoms with Gasteiger partial charge in [-0.1, -0.05) is 18.2 Å². The molecule has 192 valence electrons. The first-order valence-electron chi connectivity index (χ1n) is 11.6. The van der Waals surface area contributed by atoms with Gasteiger partial charge in [0.05, 0.1) is 33.1 Å². The van der Waals surface area contributed by atoms with E-state index in [9.17, 15) is 22.3 Å². The molecule has 7 nitrogen and oxygen atoms in total. The maximum Gasteiger partial charge on any atom is 0.252 e. The highest BCUT2D eigenvalue weighted by Gasteiger charge is 2.30. The highest BCUT2D eigenvalue weighted by atomic mass is 79.9. The van der Waals surface area contributed by atoms with E-state index in [0.717, 1.165) is 24.0 Å². The summed E-state index contributed by atoms with van der Waals surface area (Å²) < 4.78 is 55.0. The lowest BCUT2D eigenvalue weighted by molar-refractivity contribution is 0.100. The van der Waals surface area contributed by atoms with Gasteiger partial charge in [0.15, 0.2) is 0 Å². The summed E-state index contributed by atoms with van der Waals surface area (Å²) in [6.45, 7) is 0.0921. The molecule has 37 heavy (non-hydrogen) atoms. The number of fused-ring (bicyclic) bond motifs is 1. The van der Waals surface area contributed by atoms with E-state index in [4.69, 9.17) is 5.73 Å². The Hall–Kier alpha value is -3.15. The topological polar surface area (TPSA) is 104 Å². The SMILES string of the molecule is NC(=O)c1c(Cc2ccc(F)cc2)nn2cc(N(CCc3ccc(Br)c(F)c3)S(=O)[O-])c(C3CC3)cc12. The second kappa shape index (κ2) is 10.3. The lowest BCUT2D eigenvalue weighted by Gasteiger charge is -2.28. The third-order valence-corrected chi connectivity index (χ3v) is 7.82. The van der Waals surface area contributed by atoms with Crippen molar-refractivity contribution in [2.75, 3.05) is 10.8 Å². The number of hydrogen-bond donors (Lipinski definition) is 1. The van der Waals surface area contributed by atoms with Crippen LogP contribution in [0.4, 0.5) is 14.5 Å². The molecule has 1 saturated carbocycles. The zero-order valence-corrected chi connectivity index (χ0v) is 21.9. The minimum atomic E-state index is -2.61. The van der Waals surface area contributed by atoms with Gasteiger partial charge in [-0.25, -0.2) is 13.3 Å². The van der Waals surface area contributed by atoms with Crippen LogP contribution in [0.25, 0.3) is 5.52 Å². The fourth-order valence-corrected chi connectivity index (χ4v) is 5.26. The summed E-state index contributed by atoms with van der Waals surface area (Å²) in [7, 11) is 0. The molecule has 1 unspecified atom stereocenters. The van der Waals surface area contributed by atoms with Crippen molar-refractivity contribution in [3.05, 3.63) is 98.8 Å². The molecule has 0 aliphatic heterocycles. The predicted molar refractivity (Wildman–Crippen MR) is 139 cm³/mol. The highest BCUT2D eigenvalue weighted by molar-refractivity contribution is 9.10. The van der Waals surface area contributed by atoms with E-state index >= 15 is 0 Å². The Balaban J connectivity index is 1.55. The number of nitrogens with two attached hydrogens (primary N) is 1. The van der Waals surface area contributed by atoms with Gasteiger partial charge in [-0.05, 0) is 88.1 Å². The van der Waals surface area contributed by atoms with Crippen molar-refractivity contribution >= 4 is 44.3 Å². The van der Waals surface area contributed by atoms with Crippen molar-refractivity contribution in [1.29, 1.82) is 0 Å². The normalized spacial score (nSPS) is 14.2. The van der Waals surface area contributed by atoms with E-state index in [2.05, 4.69) is 21.0 Å². The molecule has 1 aliphatic carbocycles. The van der Waals surface area contributed by atoms with Crippen molar-refractivity contribution in [3.8, 4) is 0 Å². The van der Waals surface area contributed by atoms with Gasteiger partial charge < -0.3 is 14.6 Å². The highest BCUT2D eigenvalue weighted by Crippen LogP contribution is 2.45. The van der Waals surface area contributed by atoms with Crippen LogP contribution in [0.5, 0.6) is 0 Å². The summed E-state index contributed by atoms with van der Waals surface area (Å²) in [6, 6.07) is 12.4. The van der Waals surface area contributed by atoms with Gasteiger partial charge in [0.2, 0.25) is 0 Å². The zero-order chi connectivity index (χ0) is 26.3. The first kappa shape index (κ1) is 25.5. The van der Waals surface area contributed by atoms with Crippen LogP contribution in [-0.4, -0.2) is 30.8 Å². The van der Waals surface area contributed by atoms with Crippen LogP contribution in [0, 0.1) is 11.6 Å². The number of amides is 1. The van der Waals surface area contributed by atoms with Crippen LogP contribution in [0.1, 0.15) is 51.5 Å². The monoisotopic (exact) mass is 587 g/mol. The molecule has 0 spiro atoms. The fourth-order valence-electron chi connectivity index (χ4n) is 4.46. The molecule has 2 N–H and O–H groups in total. The summed E-state index contributed by atoms with van der Waals surface area (Å²) in [6.07, 6.45) is 3.93. The maximum absolute atomic E-state index is 14.0. The maximum atomic E-state index is 14.0. The number of pyridine rings is 1. The minimum absolute atomic E-state index is 0.0921. The van der Waals surface area contributed by atoms with E-state index in [0.29, 0.717) is 33.4 Å². The first-order chi connectivity index (χ1) is 17.7. The summed E-state index contributed by atoms with van der Waals surface area (Å²) >= 11 is 0.515. The van der Waals surface area contributed by atoms with Gasteiger partial charge in [0, 0.05) is 24.2 Å². The number of carbonyl (C=O) groups is 1. The summed E-state index contributed by atoms with van der Waals surface area (Å²) in [5, 5.41) is 4.55. The molecule has 1 atom stereocenters. The minimum Gasteiger partial charge on any atom is -0.755 e. The lowest BCUT2D eigenvalue weighted by Crippen LogP contribution is -2.29. The average molecular weight is 588 g/mol. The van der Waals surface area contributed by atoms with Crippen LogP contribution < -0.4 is 10.0 Å². The predicted octanol–water partition coefficient (Wildman–Crippen LogP) is 4.79. The van der Waals surface area contributed by atoms with E-state index in [-0.39, 0.29) is 30.3 Å². The van der Waals surface area contributed by atoms with Crippen LogP contribution in [0.2, 0.25) is 0 Å². The Bertz CT molecular complexity index is 1520. The van der Waals surface area contributed by atoms with Crippen molar-refractivity contribution in [1.82, 2.24) is 9.61 Å².